The van der Waals surface area contributed by atoms with E-state index < -0.39 is 27.8 Å². The van der Waals surface area contributed by atoms with Crippen LogP contribution in [0.2, 0.25) is 0 Å². The Balaban J connectivity index is 2.13. The SMILES string of the molecule is Cc1nn2c(=O)c([N+](=O)[O-])c(-c3ccccc3)[nH]c2c1-c1ccc(F)cc1F. The lowest BCUT2D eigenvalue weighted by Gasteiger charge is -2.07. The molecule has 2 aromatic heterocycles. The molecule has 0 fully saturated rings. The predicted molar refractivity (Wildman–Crippen MR) is 98.0 cm³/mol. The van der Waals surface area contributed by atoms with Crippen LogP contribution < -0.4 is 5.56 Å². The molecule has 0 aliphatic carbocycles. The number of aromatic amines is 1. The molecule has 7 nitrogen and oxygen atoms in total. The van der Waals surface area contributed by atoms with Crippen molar-refractivity contribution in [1.29, 1.82) is 0 Å². The highest BCUT2D eigenvalue weighted by Gasteiger charge is 2.27. The number of aryl methyl sites for hydroxylation is 1. The van der Waals surface area contributed by atoms with E-state index >= 15 is 0 Å². The van der Waals surface area contributed by atoms with Gasteiger partial charge in [-0.1, -0.05) is 30.3 Å². The van der Waals surface area contributed by atoms with Crippen molar-refractivity contribution in [3.8, 4) is 22.4 Å². The van der Waals surface area contributed by atoms with Gasteiger partial charge < -0.3 is 4.98 Å². The molecule has 2 aromatic carbocycles. The van der Waals surface area contributed by atoms with Crippen LogP contribution in [0.25, 0.3) is 28.0 Å². The number of hydrogen-bond donors (Lipinski definition) is 1. The molecular formula is C19H12F2N4O3. The number of nitrogens with one attached hydrogen (secondary N) is 1. The summed E-state index contributed by atoms with van der Waals surface area (Å²) in [5.74, 6) is -1.58. The largest absolute Gasteiger partial charge is 0.359 e. The molecule has 0 spiro atoms. The summed E-state index contributed by atoms with van der Waals surface area (Å²) in [6.07, 6.45) is 0. The average Bonchev–Trinajstić information content (AvgIpc) is 2.98. The second kappa shape index (κ2) is 6.38. The Hall–Kier alpha value is -3.88. The molecule has 2 heterocycles. The van der Waals surface area contributed by atoms with Gasteiger partial charge in [0.25, 0.3) is 0 Å². The Kier molecular flexibility index (Phi) is 3.99. The monoisotopic (exact) mass is 382 g/mol. The average molecular weight is 382 g/mol. The molecular weight excluding hydrogens is 370 g/mol. The predicted octanol–water partition coefficient (Wildman–Crippen LogP) is 3.85. The quantitative estimate of drug-likeness (QED) is 0.430. The van der Waals surface area contributed by atoms with Crippen LogP contribution in [0.5, 0.6) is 0 Å². The molecule has 4 aromatic rings. The molecule has 0 amide bonds. The summed E-state index contributed by atoms with van der Waals surface area (Å²) in [5, 5.41) is 15.6. The number of rotatable bonds is 3. The first-order valence-corrected chi connectivity index (χ1v) is 8.19. The number of halogens is 2. The van der Waals surface area contributed by atoms with E-state index in [9.17, 15) is 23.7 Å². The van der Waals surface area contributed by atoms with Gasteiger partial charge in [0, 0.05) is 17.2 Å². The van der Waals surface area contributed by atoms with E-state index in [-0.39, 0.29) is 28.2 Å². The summed E-state index contributed by atoms with van der Waals surface area (Å²) in [4.78, 5) is 26.4. The normalized spacial score (nSPS) is 11.1. The molecule has 1 N–H and O–H groups in total. The van der Waals surface area contributed by atoms with E-state index in [4.69, 9.17) is 0 Å². The zero-order valence-corrected chi connectivity index (χ0v) is 14.4. The van der Waals surface area contributed by atoms with E-state index in [1.54, 1.807) is 30.3 Å². The maximum atomic E-state index is 14.4. The third kappa shape index (κ3) is 2.64. The van der Waals surface area contributed by atoms with Crippen molar-refractivity contribution in [3.05, 3.63) is 86.3 Å². The standard InChI is InChI=1S/C19H12F2N4O3/c1-10-15(13-8-7-12(20)9-14(13)21)18-22-16(11-5-3-2-4-6-11)17(25(27)28)19(26)24(18)23-10/h2-9,22H,1H3. The van der Waals surface area contributed by atoms with E-state index in [2.05, 4.69) is 10.1 Å². The van der Waals surface area contributed by atoms with Crippen LogP contribution >= 0.6 is 0 Å². The van der Waals surface area contributed by atoms with Crippen molar-refractivity contribution in [2.24, 2.45) is 0 Å². The van der Waals surface area contributed by atoms with Gasteiger partial charge in [0.1, 0.15) is 23.0 Å². The number of nitro groups is 1. The fraction of sp³-hybridized carbons (Fsp3) is 0.0526. The van der Waals surface area contributed by atoms with Crippen molar-refractivity contribution in [3.63, 3.8) is 0 Å². The summed E-state index contributed by atoms with van der Waals surface area (Å²) in [6.45, 7) is 1.53. The fourth-order valence-corrected chi connectivity index (χ4v) is 3.17. The number of fused-ring (bicyclic) bond motifs is 1. The molecule has 0 atom stereocenters. The van der Waals surface area contributed by atoms with Gasteiger partial charge in [-0.2, -0.15) is 9.61 Å². The second-order valence-corrected chi connectivity index (χ2v) is 6.12. The Morgan fingerprint density at radius 1 is 1.14 bits per heavy atom. The van der Waals surface area contributed by atoms with E-state index in [0.717, 1.165) is 16.6 Å². The van der Waals surface area contributed by atoms with Crippen LogP contribution in [0, 0.1) is 28.7 Å². The van der Waals surface area contributed by atoms with Crippen LogP contribution in [0.4, 0.5) is 14.5 Å². The van der Waals surface area contributed by atoms with Gasteiger partial charge in [-0.15, -0.1) is 0 Å². The van der Waals surface area contributed by atoms with Gasteiger partial charge in [0.05, 0.1) is 16.2 Å². The summed E-state index contributed by atoms with van der Waals surface area (Å²) >= 11 is 0. The number of aromatic nitrogens is 3. The highest BCUT2D eigenvalue weighted by Crippen LogP contribution is 2.32. The summed E-state index contributed by atoms with van der Waals surface area (Å²) in [6, 6.07) is 11.3. The molecule has 0 aliphatic heterocycles. The maximum Gasteiger partial charge on any atom is 0.359 e. The first kappa shape index (κ1) is 17.5. The third-order valence-electron chi connectivity index (χ3n) is 4.38. The molecule has 9 heteroatoms. The van der Waals surface area contributed by atoms with Gasteiger partial charge in [-0.25, -0.2) is 8.78 Å². The third-order valence-corrected chi connectivity index (χ3v) is 4.38. The highest BCUT2D eigenvalue weighted by molar-refractivity contribution is 5.83. The van der Waals surface area contributed by atoms with Gasteiger partial charge in [0.15, 0.2) is 0 Å². The van der Waals surface area contributed by atoms with Crippen LogP contribution in [0.1, 0.15) is 5.69 Å². The van der Waals surface area contributed by atoms with Crippen molar-refractivity contribution >= 4 is 11.3 Å². The lowest BCUT2D eigenvalue weighted by molar-refractivity contribution is -0.385. The zero-order valence-electron chi connectivity index (χ0n) is 14.4. The lowest BCUT2D eigenvalue weighted by atomic mass is 10.0. The van der Waals surface area contributed by atoms with Crippen molar-refractivity contribution in [2.75, 3.05) is 0 Å². The number of hydrogen-bond acceptors (Lipinski definition) is 4. The molecule has 4 rings (SSSR count). The van der Waals surface area contributed by atoms with E-state index in [1.165, 1.54) is 13.0 Å². The summed E-state index contributed by atoms with van der Waals surface area (Å²) < 4.78 is 28.5. The molecule has 0 saturated carbocycles. The van der Waals surface area contributed by atoms with Gasteiger partial charge >= 0.3 is 11.2 Å². The first-order chi connectivity index (χ1) is 13.4. The highest BCUT2D eigenvalue weighted by atomic mass is 19.1. The number of nitrogens with zero attached hydrogens (tertiary/aromatic N) is 3. The van der Waals surface area contributed by atoms with Crippen LogP contribution in [-0.4, -0.2) is 19.5 Å². The molecule has 0 saturated heterocycles. The topological polar surface area (TPSA) is 93.3 Å². The van der Waals surface area contributed by atoms with Crippen LogP contribution in [0.3, 0.4) is 0 Å². The Morgan fingerprint density at radius 3 is 2.50 bits per heavy atom. The Bertz CT molecular complexity index is 1300. The maximum absolute atomic E-state index is 14.4. The smallest absolute Gasteiger partial charge is 0.333 e. The van der Waals surface area contributed by atoms with Gasteiger partial charge in [0.2, 0.25) is 0 Å². The Morgan fingerprint density at radius 2 is 1.86 bits per heavy atom. The molecule has 0 unspecified atom stereocenters. The minimum atomic E-state index is -0.950. The van der Waals surface area contributed by atoms with Crippen LogP contribution in [-0.2, 0) is 0 Å². The minimum absolute atomic E-state index is 0.0215. The minimum Gasteiger partial charge on any atom is -0.333 e. The molecule has 0 bridgehead atoms. The number of benzene rings is 2. The first-order valence-electron chi connectivity index (χ1n) is 8.19. The van der Waals surface area contributed by atoms with Gasteiger partial charge in [-0.05, 0) is 19.1 Å². The molecule has 28 heavy (non-hydrogen) atoms. The summed E-state index contributed by atoms with van der Waals surface area (Å²) in [5.41, 5.74) is -0.637. The van der Waals surface area contributed by atoms with E-state index in [1.807, 2.05) is 0 Å². The van der Waals surface area contributed by atoms with Crippen molar-refractivity contribution in [2.45, 2.75) is 6.92 Å². The van der Waals surface area contributed by atoms with Gasteiger partial charge in [-0.3, -0.25) is 14.9 Å². The Labute approximate surface area is 156 Å². The van der Waals surface area contributed by atoms with Crippen molar-refractivity contribution in [1.82, 2.24) is 14.6 Å². The second-order valence-electron chi connectivity index (χ2n) is 6.12. The van der Waals surface area contributed by atoms with Crippen molar-refractivity contribution < 1.29 is 13.7 Å². The summed E-state index contributed by atoms with van der Waals surface area (Å²) in [7, 11) is 0. The molecule has 0 aliphatic rings. The van der Waals surface area contributed by atoms with Crippen LogP contribution in [0.15, 0.2) is 53.3 Å². The number of H-pyrrole nitrogens is 1. The molecule has 140 valence electrons. The van der Waals surface area contributed by atoms with E-state index in [0.29, 0.717) is 5.56 Å². The zero-order chi connectivity index (χ0) is 20.0. The fourth-order valence-electron chi connectivity index (χ4n) is 3.17. The molecule has 0 radical (unpaired) electrons. The lowest BCUT2D eigenvalue weighted by Crippen LogP contribution is -2.20.